The summed E-state index contributed by atoms with van der Waals surface area (Å²) in [5.41, 5.74) is -0.523. The topological polar surface area (TPSA) is 52.6 Å². The summed E-state index contributed by atoms with van der Waals surface area (Å²) in [5.74, 6) is 1.45. The van der Waals surface area contributed by atoms with E-state index in [9.17, 15) is 9.90 Å². The van der Waals surface area contributed by atoms with Crippen molar-refractivity contribution >= 4 is 5.91 Å². The normalized spacial score (nSPS) is 27.9. The van der Waals surface area contributed by atoms with Crippen LogP contribution in [0.1, 0.15) is 38.5 Å². The van der Waals surface area contributed by atoms with Crippen molar-refractivity contribution in [2.45, 2.75) is 44.1 Å². The van der Waals surface area contributed by atoms with Gasteiger partial charge in [0.1, 0.15) is 5.60 Å². The molecule has 0 unspecified atom stereocenters. The number of aliphatic hydroxyl groups is 1. The largest absolute Gasteiger partial charge is 0.386 e. The molecule has 1 amide bonds. The molecule has 18 heavy (non-hydrogen) atoms. The van der Waals surface area contributed by atoms with E-state index in [1.807, 2.05) is 4.90 Å². The van der Waals surface area contributed by atoms with Crippen molar-refractivity contribution in [3.8, 4) is 0 Å². The highest BCUT2D eigenvalue weighted by Crippen LogP contribution is 2.44. The summed E-state index contributed by atoms with van der Waals surface area (Å²) in [4.78, 5) is 13.8. The molecule has 1 aliphatic carbocycles. The summed E-state index contributed by atoms with van der Waals surface area (Å²) < 4.78 is 0. The zero-order valence-corrected chi connectivity index (χ0v) is 11.0. The highest BCUT2D eigenvalue weighted by Gasteiger charge is 2.52. The number of hydrogen-bond donors (Lipinski definition) is 2. The fourth-order valence-corrected chi connectivity index (χ4v) is 3.33. The van der Waals surface area contributed by atoms with Crippen molar-refractivity contribution < 1.29 is 9.90 Å². The standard InChI is InChI=1S/C14H24N2O2/c17-13(4-1-11-5-7-15-8-6-11)16-9-14(18,10-16)12-2-3-12/h11-12,15,18H,1-10H2. The first kappa shape index (κ1) is 12.4. The second-order valence-electron chi connectivity index (χ2n) is 6.36. The quantitative estimate of drug-likeness (QED) is 0.776. The van der Waals surface area contributed by atoms with Crippen LogP contribution in [0.4, 0.5) is 0 Å². The Hall–Kier alpha value is -0.610. The smallest absolute Gasteiger partial charge is 0.222 e. The lowest BCUT2D eigenvalue weighted by molar-refractivity contribution is -0.159. The summed E-state index contributed by atoms with van der Waals surface area (Å²) in [6.45, 7) is 3.37. The van der Waals surface area contributed by atoms with E-state index in [0.717, 1.165) is 38.3 Å². The Morgan fingerprint density at radius 2 is 1.89 bits per heavy atom. The van der Waals surface area contributed by atoms with E-state index in [-0.39, 0.29) is 5.91 Å². The number of β-amino-alcohol motifs (C(OH)–C–C–N with tert-alkyl or cyclic N) is 1. The summed E-state index contributed by atoms with van der Waals surface area (Å²) in [5, 5.41) is 13.5. The first-order chi connectivity index (χ1) is 8.67. The molecule has 0 atom stereocenters. The van der Waals surface area contributed by atoms with Crippen molar-refractivity contribution in [2.75, 3.05) is 26.2 Å². The molecule has 0 spiro atoms. The predicted octanol–water partition coefficient (Wildman–Crippen LogP) is 0.749. The first-order valence-corrected chi connectivity index (χ1v) is 7.38. The first-order valence-electron chi connectivity index (χ1n) is 7.38. The maximum Gasteiger partial charge on any atom is 0.222 e. The highest BCUT2D eigenvalue weighted by molar-refractivity contribution is 5.77. The van der Waals surface area contributed by atoms with E-state index < -0.39 is 5.60 Å². The number of carbonyl (C=O) groups excluding carboxylic acids is 1. The zero-order valence-electron chi connectivity index (χ0n) is 11.0. The number of nitrogens with zero attached hydrogens (tertiary/aromatic N) is 1. The fraction of sp³-hybridized carbons (Fsp3) is 0.929. The molecule has 1 saturated carbocycles. The molecule has 3 aliphatic rings. The van der Waals surface area contributed by atoms with Crippen molar-refractivity contribution in [3.63, 3.8) is 0 Å². The molecule has 4 nitrogen and oxygen atoms in total. The Bertz CT molecular complexity index is 316. The maximum atomic E-state index is 12.0. The van der Waals surface area contributed by atoms with Gasteiger partial charge in [-0.05, 0) is 57.0 Å². The van der Waals surface area contributed by atoms with Gasteiger partial charge < -0.3 is 15.3 Å². The summed E-state index contributed by atoms with van der Waals surface area (Å²) >= 11 is 0. The Balaban J connectivity index is 1.37. The van der Waals surface area contributed by atoms with Crippen LogP contribution < -0.4 is 5.32 Å². The van der Waals surface area contributed by atoms with Crippen LogP contribution in [0.15, 0.2) is 0 Å². The molecular weight excluding hydrogens is 228 g/mol. The molecule has 0 aromatic heterocycles. The summed E-state index contributed by atoms with van der Waals surface area (Å²) in [6, 6.07) is 0. The van der Waals surface area contributed by atoms with Gasteiger partial charge >= 0.3 is 0 Å². The van der Waals surface area contributed by atoms with Gasteiger partial charge in [-0.1, -0.05) is 0 Å². The Labute approximate surface area is 109 Å². The van der Waals surface area contributed by atoms with Crippen molar-refractivity contribution in [1.82, 2.24) is 10.2 Å². The molecular formula is C14H24N2O2. The molecule has 3 fully saturated rings. The lowest BCUT2D eigenvalue weighted by Crippen LogP contribution is -2.64. The maximum absolute atomic E-state index is 12.0. The van der Waals surface area contributed by atoms with Gasteiger partial charge in [0, 0.05) is 6.42 Å². The number of rotatable bonds is 4. The predicted molar refractivity (Wildman–Crippen MR) is 69.1 cm³/mol. The average Bonchev–Trinajstić information content (AvgIpc) is 3.18. The second kappa shape index (κ2) is 4.82. The summed E-state index contributed by atoms with van der Waals surface area (Å²) in [6.07, 6.45) is 6.41. The zero-order chi connectivity index (χ0) is 12.6. The van der Waals surface area contributed by atoms with E-state index >= 15 is 0 Å². The van der Waals surface area contributed by atoms with E-state index in [0.29, 0.717) is 25.4 Å². The number of piperidine rings is 1. The molecule has 0 aromatic rings. The van der Waals surface area contributed by atoms with Gasteiger partial charge in [-0.2, -0.15) is 0 Å². The minimum absolute atomic E-state index is 0.249. The molecule has 2 heterocycles. The average molecular weight is 252 g/mol. The number of carbonyl (C=O) groups is 1. The van der Waals surface area contributed by atoms with Crippen molar-refractivity contribution in [1.29, 1.82) is 0 Å². The van der Waals surface area contributed by atoms with Crippen LogP contribution in [0, 0.1) is 11.8 Å². The second-order valence-corrected chi connectivity index (χ2v) is 6.36. The van der Waals surface area contributed by atoms with Gasteiger partial charge in [0.05, 0.1) is 13.1 Å². The third-order valence-electron chi connectivity index (χ3n) is 4.84. The van der Waals surface area contributed by atoms with Crippen molar-refractivity contribution in [2.24, 2.45) is 11.8 Å². The van der Waals surface area contributed by atoms with E-state index in [4.69, 9.17) is 0 Å². The SMILES string of the molecule is O=C(CCC1CCNCC1)N1CC(O)(C2CC2)C1. The minimum atomic E-state index is -0.523. The Kier molecular flexibility index (Phi) is 3.32. The van der Waals surface area contributed by atoms with Crippen LogP contribution in [0.5, 0.6) is 0 Å². The molecule has 0 radical (unpaired) electrons. The number of nitrogens with one attached hydrogen (secondary N) is 1. The monoisotopic (exact) mass is 252 g/mol. The molecule has 2 aliphatic heterocycles. The van der Waals surface area contributed by atoms with Gasteiger partial charge in [0.25, 0.3) is 0 Å². The van der Waals surface area contributed by atoms with Gasteiger partial charge in [-0.25, -0.2) is 0 Å². The molecule has 102 valence electrons. The molecule has 4 heteroatoms. The van der Waals surface area contributed by atoms with Crippen LogP contribution in [0.25, 0.3) is 0 Å². The minimum Gasteiger partial charge on any atom is -0.386 e. The number of likely N-dealkylation sites (tertiary alicyclic amines) is 1. The van der Waals surface area contributed by atoms with Crippen LogP contribution >= 0.6 is 0 Å². The number of amides is 1. The molecule has 0 bridgehead atoms. The van der Waals surface area contributed by atoms with Gasteiger partial charge in [0.2, 0.25) is 5.91 Å². The fourth-order valence-electron chi connectivity index (χ4n) is 3.33. The molecule has 2 saturated heterocycles. The van der Waals surface area contributed by atoms with Crippen LogP contribution in [0.3, 0.4) is 0 Å². The number of hydrogen-bond acceptors (Lipinski definition) is 3. The van der Waals surface area contributed by atoms with Crippen LogP contribution in [-0.4, -0.2) is 47.7 Å². The third kappa shape index (κ3) is 2.54. The van der Waals surface area contributed by atoms with Crippen molar-refractivity contribution in [3.05, 3.63) is 0 Å². The highest BCUT2D eigenvalue weighted by atomic mass is 16.3. The Morgan fingerprint density at radius 3 is 2.50 bits per heavy atom. The van der Waals surface area contributed by atoms with E-state index in [2.05, 4.69) is 5.32 Å². The van der Waals surface area contributed by atoms with Crippen LogP contribution in [0.2, 0.25) is 0 Å². The van der Waals surface area contributed by atoms with Gasteiger partial charge in [0.15, 0.2) is 0 Å². The molecule has 3 rings (SSSR count). The molecule has 0 aromatic carbocycles. The summed E-state index contributed by atoms with van der Waals surface area (Å²) in [7, 11) is 0. The van der Waals surface area contributed by atoms with Gasteiger partial charge in [-0.3, -0.25) is 4.79 Å². The Morgan fingerprint density at radius 1 is 1.22 bits per heavy atom. The molecule has 2 N–H and O–H groups in total. The lowest BCUT2D eigenvalue weighted by Gasteiger charge is -2.47. The van der Waals surface area contributed by atoms with Gasteiger partial charge in [-0.15, -0.1) is 0 Å². The van der Waals surface area contributed by atoms with Crippen LogP contribution in [-0.2, 0) is 4.79 Å². The van der Waals surface area contributed by atoms with E-state index in [1.165, 1.54) is 12.8 Å². The van der Waals surface area contributed by atoms with E-state index in [1.54, 1.807) is 0 Å². The lowest BCUT2D eigenvalue weighted by atomic mass is 9.87. The third-order valence-corrected chi connectivity index (χ3v) is 4.84.